The van der Waals surface area contributed by atoms with Crippen molar-refractivity contribution in [2.75, 3.05) is 20.2 Å². The number of aliphatic hydroxyl groups excluding tert-OH is 3. The predicted octanol–water partition coefficient (Wildman–Crippen LogP) is 0.989. The van der Waals surface area contributed by atoms with Gasteiger partial charge in [0.2, 0.25) is 12.2 Å². The largest absolute Gasteiger partial charge is 0.466 e. The van der Waals surface area contributed by atoms with Gasteiger partial charge in [0, 0.05) is 7.05 Å². The average molecular weight is 747 g/mol. The molecule has 3 rings (SSSR count). The van der Waals surface area contributed by atoms with Gasteiger partial charge in [-0.3, -0.25) is 4.79 Å². The molecule has 2 aliphatic heterocycles. The summed E-state index contributed by atoms with van der Waals surface area (Å²) in [4.78, 5) is 39.9. The van der Waals surface area contributed by atoms with Crippen LogP contribution in [0.25, 0.3) is 0 Å². The molecule has 0 radical (unpaired) electrons. The summed E-state index contributed by atoms with van der Waals surface area (Å²) in [5, 5.41) is 50.7. The molecule has 1 saturated carbocycles. The van der Waals surface area contributed by atoms with Gasteiger partial charge in [-0.15, -0.1) is 0 Å². The third kappa shape index (κ3) is 11.6. The zero-order valence-electron chi connectivity index (χ0n) is 32.2. The summed E-state index contributed by atoms with van der Waals surface area (Å²) < 4.78 is 35.3. The molecule has 3 aliphatic rings. The van der Waals surface area contributed by atoms with Crippen molar-refractivity contribution in [1.29, 1.82) is 0 Å². The van der Waals surface area contributed by atoms with Crippen molar-refractivity contribution in [3.8, 4) is 0 Å². The van der Waals surface area contributed by atoms with E-state index in [1.165, 1.54) is 14.0 Å². The van der Waals surface area contributed by atoms with E-state index in [0.29, 0.717) is 12.2 Å². The average Bonchev–Trinajstić information content (AvgIpc) is 3.00. The van der Waals surface area contributed by atoms with E-state index < -0.39 is 102 Å². The second kappa shape index (κ2) is 17.6. The zero-order valence-corrected chi connectivity index (χ0v) is 32.2. The molecule has 12 unspecified atom stereocenters. The van der Waals surface area contributed by atoms with Gasteiger partial charge in [-0.05, 0) is 79.7 Å². The number of likely N-dealkylation sites (N-methyl/N-ethyl adjacent to an activating group) is 1. The van der Waals surface area contributed by atoms with Gasteiger partial charge in [0.25, 0.3) is 0 Å². The number of alkyl carbamates (subject to hydrolysis) is 1. The Morgan fingerprint density at radius 2 is 1.63 bits per heavy atom. The predicted molar refractivity (Wildman–Crippen MR) is 186 cm³/mol. The molecule has 0 aromatic carbocycles. The van der Waals surface area contributed by atoms with E-state index in [0.717, 1.165) is 4.90 Å². The van der Waals surface area contributed by atoms with Crippen molar-refractivity contribution in [1.82, 2.24) is 15.5 Å². The summed E-state index contributed by atoms with van der Waals surface area (Å²) in [6.45, 7) is 14.9. The number of nitrogens with two attached hydrogens (primary N) is 1. The lowest BCUT2D eigenvalue weighted by atomic mass is 9.79. The molecule has 12 atom stereocenters. The minimum Gasteiger partial charge on any atom is -0.466 e. The molecular formula is C35H62N4O13. The molecule has 2 heterocycles. The Bertz CT molecular complexity index is 1250. The van der Waals surface area contributed by atoms with Crippen LogP contribution in [-0.2, 0) is 33.2 Å². The van der Waals surface area contributed by atoms with Crippen LogP contribution in [0.5, 0.6) is 0 Å². The SMILES string of the molecule is CCCC(O)C(=O)NC1CC(C)C(OC2OC(CN)=CCC2NC(=O)OC(C)(C)C)C(O)C1OC1OCC(C)(O)C(N(C)C(=O)OC(C)(C)C)C1O. The van der Waals surface area contributed by atoms with Crippen molar-refractivity contribution in [2.45, 2.75) is 166 Å². The molecule has 0 aromatic rings. The van der Waals surface area contributed by atoms with Crippen molar-refractivity contribution < 1.29 is 63.2 Å². The fraction of sp³-hybridized carbons (Fsp3) is 0.857. The lowest BCUT2D eigenvalue weighted by molar-refractivity contribution is -0.313. The quantitative estimate of drug-likeness (QED) is 0.156. The first-order valence-electron chi connectivity index (χ1n) is 18.0. The van der Waals surface area contributed by atoms with E-state index >= 15 is 0 Å². The molecule has 17 nitrogen and oxygen atoms in total. The number of carbonyl (C=O) groups is 3. The summed E-state index contributed by atoms with van der Waals surface area (Å²) >= 11 is 0. The second-order valence-electron chi connectivity index (χ2n) is 16.2. The molecule has 300 valence electrons. The second-order valence-corrected chi connectivity index (χ2v) is 16.2. The molecule has 2 fully saturated rings. The molecular weight excluding hydrogens is 684 g/mol. The summed E-state index contributed by atoms with van der Waals surface area (Å²) in [6.07, 6.45) is -8.00. The fourth-order valence-electron chi connectivity index (χ4n) is 6.61. The standard InChI is InChI=1S/C35H62N4O13/c1-11-12-22(40)28(43)37-21-15-18(2)25(49-29-20(14-13-19(16-36)48-29)38-31(44)51-33(3,4)5)23(41)26(21)50-30-24(42)27(35(9,46)17-47-30)39(10)32(45)52-34(6,7)8/h13,18,20-27,29-30,40-42,46H,11-12,14-17,36H2,1-10H3,(H,37,43)(H,38,44). The molecule has 0 spiro atoms. The monoisotopic (exact) mass is 746 g/mol. The van der Waals surface area contributed by atoms with Crippen molar-refractivity contribution in [3.63, 3.8) is 0 Å². The number of hydrogen-bond donors (Lipinski definition) is 7. The molecule has 0 bridgehead atoms. The van der Waals surface area contributed by atoms with Crippen molar-refractivity contribution >= 4 is 18.1 Å². The van der Waals surface area contributed by atoms with Gasteiger partial charge in [-0.1, -0.05) is 20.3 Å². The minimum atomic E-state index is -1.74. The molecule has 52 heavy (non-hydrogen) atoms. The maximum Gasteiger partial charge on any atom is 0.410 e. The normalized spacial score (nSPS) is 34.6. The van der Waals surface area contributed by atoms with Crippen molar-refractivity contribution in [3.05, 3.63) is 11.8 Å². The van der Waals surface area contributed by atoms with Crippen LogP contribution in [0.3, 0.4) is 0 Å². The van der Waals surface area contributed by atoms with E-state index in [9.17, 15) is 34.8 Å². The highest BCUT2D eigenvalue weighted by Crippen LogP contribution is 2.36. The Kier molecular flexibility index (Phi) is 14.8. The number of ether oxygens (including phenoxy) is 6. The number of amides is 3. The van der Waals surface area contributed by atoms with Gasteiger partial charge in [-0.25, -0.2) is 9.59 Å². The summed E-state index contributed by atoms with van der Waals surface area (Å²) in [6, 6.07) is -2.92. The lowest BCUT2D eigenvalue weighted by Gasteiger charge is -2.50. The topological polar surface area (TPSA) is 241 Å². The van der Waals surface area contributed by atoms with Gasteiger partial charge >= 0.3 is 12.2 Å². The van der Waals surface area contributed by atoms with Gasteiger partial charge in [0.1, 0.15) is 47.0 Å². The Morgan fingerprint density at radius 1 is 1.02 bits per heavy atom. The molecule has 0 aromatic heterocycles. The van der Waals surface area contributed by atoms with Crippen LogP contribution in [0.15, 0.2) is 11.8 Å². The number of nitrogens with one attached hydrogen (secondary N) is 2. The van der Waals surface area contributed by atoms with E-state index in [2.05, 4.69) is 10.6 Å². The first-order chi connectivity index (χ1) is 24.0. The Morgan fingerprint density at radius 3 is 2.21 bits per heavy atom. The van der Waals surface area contributed by atoms with Crippen LogP contribution < -0.4 is 16.4 Å². The third-order valence-electron chi connectivity index (χ3n) is 9.01. The van der Waals surface area contributed by atoms with Gasteiger partial charge in [0.05, 0.1) is 37.4 Å². The molecule has 1 aliphatic carbocycles. The van der Waals surface area contributed by atoms with Crippen molar-refractivity contribution in [2.24, 2.45) is 11.7 Å². The van der Waals surface area contributed by atoms with E-state index in [1.54, 1.807) is 54.5 Å². The molecule has 3 amide bonds. The van der Waals surface area contributed by atoms with E-state index in [-0.39, 0.29) is 32.4 Å². The summed E-state index contributed by atoms with van der Waals surface area (Å²) in [5.41, 5.74) is 2.49. The smallest absolute Gasteiger partial charge is 0.410 e. The summed E-state index contributed by atoms with van der Waals surface area (Å²) in [7, 11) is 1.37. The maximum atomic E-state index is 13.1. The third-order valence-corrected chi connectivity index (χ3v) is 9.01. The van der Waals surface area contributed by atoms with Crippen LogP contribution in [0, 0.1) is 5.92 Å². The summed E-state index contributed by atoms with van der Waals surface area (Å²) in [5.74, 6) is -0.714. The van der Waals surface area contributed by atoms with Gasteiger partial charge in [0.15, 0.2) is 6.29 Å². The van der Waals surface area contributed by atoms with E-state index in [1.807, 2.05) is 6.92 Å². The van der Waals surface area contributed by atoms with Crippen LogP contribution in [0.4, 0.5) is 9.59 Å². The first-order valence-corrected chi connectivity index (χ1v) is 18.0. The number of nitrogens with zero attached hydrogens (tertiary/aromatic N) is 1. The Balaban J connectivity index is 1.92. The highest BCUT2D eigenvalue weighted by Gasteiger charge is 2.54. The molecule has 17 heteroatoms. The Labute approximate surface area is 306 Å². The number of aliphatic hydroxyl groups is 4. The zero-order chi connectivity index (χ0) is 39.3. The number of rotatable bonds is 11. The minimum absolute atomic E-state index is 0.0569. The first kappa shape index (κ1) is 43.6. The molecule has 8 N–H and O–H groups in total. The highest BCUT2D eigenvalue weighted by atomic mass is 16.7. The van der Waals surface area contributed by atoms with Crippen LogP contribution in [0.1, 0.15) is 88.0 Å². The van der Waals surface area contributed by atoms with Gasteiger partial charge in [-0.2, -0.15) is 0 Å². The maximum absolute atomic E-state index is 13.1. The lowest BCUT2D eigenvalue weighted by Crippen LogP contribution is -2.69. The molecule has 1 saturated heterocycles. The van der Waals surface area contributed by atoms with Gasteiger partial charge < -0.3 is 70.1 Å². The van der Waals surface area contributed by atoms with E-state index in [4.69, 9.17) is 34.2 Å². The number of carbonyl (C=O) groups excluding carboxylic acids is 3. The van der Waals surface area contributed by atoms with Crippen LogP contribution in [0.2, 0.25) is 0 Å². The Hall–Kier alpha value is -2.77. The fourth-order valence-corrected chi connectivity index (χ4v) is 6.61. The highest BCUT2D eigenvalue weighted by molar-refractivity contribution is 5.80. The number of hydrogen-bond acceptors (Lipinski definition) is 14. The van der Waals surface area contributed by atoms with Crippen LogP contribution >= 0.6 is 0 Å². The van der Waals surface area contributed by atoms with Crippen LogP contribution in [-0.4, -0.2) is 142 Å².